The number of carbonyl (C=O) groups is 2. The van der Waals surface area contributed by atoms with Gasteiger partial charge in [-0.15, -0.1) is 0 Å². The van der Waals surface area contributed by atoms with Crippen molar-refractivity contribution in [3.63, 3.8) is 0 Å². The third kappa shape index (κ3) is 3.69. The van der Waals surface area contributed by atoms with E-state index in [9.17, 15) is 9.59 Å². The molecule has 2 aliphatic rings. The molecule has 2 aliphatic heterocycles. The smallest absolute Gasteiger partial charge is 0.306 e. The molecule has 0 saturated carbocycles. The Bertz CT molecular complexity index is 1410. The van der Waals surface area contributed by atoms with E-state index >= 15 is 0 Å². The van der Waals surface area contributed by atoms with Crippen LogP contribution in [0.4, 0.5) is 0 Å². The van der Waals surface area contributed by atoms with E-state index in [0.717, 1.165) is 0 Å². The van der Waals surface area contributed by atoms with Crippen LogP contribution in [0.25, 0.3) is 6.08 Å². The summed E-state index contributed by atoms with van der Waals surface area (Å²) >= 11 is 0. The van der Waals surface area contributed by atoms with E-state index in [4.69, 9.17) is 28.4 Å². The Morgan fingerprint density at radius 2 is 1.81 bits per heavy atom. The quantitative estimate of drug-likeness (QED) is 0.365. The maximum atomic E-state index is 13.4. The number of Topliss-reactive ketones (excluding diaryl/α,β-unsaturated/α-hetero) is 1. The first-order chi connectivity index (χ1) is 17.5. The summed E-state index contributed by atoms with van der Waals surface area (Å²) in [4.78, 5) is 30.0. The normalized spacial score (nSPS) is 16.3. The number of esters is 1. The fourth-order valence-corrected chi connectivity index (χ4v) is 4.53. The van der Waals surface area contributed by atoms with Crippen molar-refractivity contribution in [2.24, 2.45) is 0 Å². The van der Waals surface area contributed by atoms with Crippen molar-refractivity contribution in [3.05, 3.63) is 70.6 Å². The largest absolute Gasteiger partial charge is 0.493 e. The second-order valence-corrected chi connectivity index (χ2v) is 8.05. The average molecular weight is 489 g/mol. The minimum atomic E-state index is -0.470. The Balaban J connectivity index is 1.61. The van der Waals surface area contributed by atoms with Gasteiger partial charge in [0, 0.05) is 28.8 Å². The summed E-state index contributed by atoms with van der Waals surface area (Å²) in [6, 6.07) is 10.4. The van der Waals surface area contributed by atoms with Gasteiger partial charge in [0.15, 0.2) is 17.3 Å². The number of methoxy groups -OCH3 is 4. The fraction of sp³-hybridized carbons (Fsp3) is 0.222. The van der Waals surface area contributed by atoms with E-state index in [1.807, 2.05) is 6.07 Å². The van der Waals surface area contributed by atoms with Crippen LogP contribution >= 0.6 is 0 Å². The maximum absolute atomic E-state index is 13.4. The van der Waals surface area contributed by atoms with Gasteiger partial charge < -0.3 is 28.4 Å². The van der Waals surface area contributed by atoms with Crippen molar-refractivity contribution in [1.82, 2.24) is 4.98 Å². The molecule has 1 aromatic heterocycles. The molecule has 0 amide bonds. The van der Waals surface area contributed by atoms with Gasteiger partial charge in [0.2, 0.25) is 17.4 Å². The number of fused-ring (bicyclic) bond motifs is 4. The van der Waals surface area contributed by atoms with Crippen LogP contribution in [0.1, 0.15) is 39.4 Å². The predicted octanol–water partition coefficient (Wildman–Crippen LogP) is 4.52. The highest BCUT2D eigenvalue weighted by atomic mass is 16.5. The van der Waals surface area contributed by atoms with Crippen molar-refractivity contribution in [1.29, 1.82) is 0 Å². The molecule has 0 spiro atoms. The zero-order valence-corrected chi connectivity index (χ0v) is 20.1. The van der Waals surface area contributed by atoms with Crippen LogP contribution in [0.2, 0.25) is 0 Å². The Morgan fingerprint density at radius 1 is 1.00 bits per heavy atom. The molecule has 184 valence electrons. The second kappa shape index (κ2) is 9.26. The lowest BCUT2D eigenvalue weighted by atomic mass is 9.85. The van der Waals surface area contributed by atoms with Crippen LogP contribution in [0, 0.1) is 0 Å². The SMILES string of the molecule is COC(=O)CC1c2cccnc2Oc2ccc3c(c21)OC(=Cc1ccc(OC)c(OC)c1OC)C3=O. The highest BCUT2D eigenvalue weighted by Crippen LogP contribution is 2.52. The van der Waals surface area contributed by atoms with Gasteiger partial charge in [0.1, 0.15) is 11.5 Å². The van der Waals surface area contributed by atoms with Gasteiger partial charge in [-0.3, -0.25) is 9.59 Å². The van der Waals surface area contributed by atoms with E-state index in [-0.39, 0.29) is 18.0 Å². The van der Waals surface area contributed by atoms with E-state index in [2.05, 4.69) is 4.98 Å². The van der Waals surface area contributed by atoms with Crippen molar-refractivity contribution < 1.29 is 38.0 Å². The summed E-state index contributed by atoms with van der Waals surface area (Å²) in [5, 5.41) is 0. The number of aromatic nitrogens is 1. The first-order valence-corrected chi connectivity index (χ1v) is 11.1. The molecule has 0 radical (unpaired) electrons. The molecule has 1 unspecified atom stereocenters. The molecular formula is C27H23NO8. The number of pyridine rings is 1. The van der Waals surface area contributed by atoms with Crippen LogP contribution in [0.5, 0.6) is 34.6 Å². The molecule has 2 aromatic carbocycles. The van der Waals surface area contributed by atoms with Crippen LogP contribution in [0.15, 0.2) is 48.4 Å². The van der Waals surface area contributed by atoms with Gasteiger partial charge >= 0.3 is 5.97 Å². The molecule has 1 atom stereocenters. The maximum Gasteiger partial charge on any atom is 0.306 e. The monoisotopic (exact) mass is 489 g/mol. The summed E-state index contributed by atoms with van der Waals surface area (Å²) in [6.07, 6.45) is 3.23. The lowest BCUT2D eigenvalue weighted by Gasteiger charge is -2.27. The van der Waals surface area contributed by atoms with Crippen LogP contribution in [0.3, 0.4) is 0 Å². The van der Waals surface area contributed by atoms with Crippen LogP contribution in [-0.2, 0) is 9.53 Å². The molecule has 3 aromatic rings. The number of allylic oxidation sites excluding steroid dienone is 1. The molecule has 0 aliphatic carbocycles. The van der Waals surface area contributed by atoms with Gasteiger partial charge in [-0.1, -0.05) is 6.07 Å². The standard InChI is InChI=1S/C27H23NO8/c1-31-19-9-7-14(24(33-3)26(19)34-4)12-20-23(30)16-8-10-18-22(25(16)35-20)17(13-21(29)32-2)15-6-5-11-28-27(15)36-18/h5-12,17H,13H2,1-4H3. The van der Waals surface area contributed by atoms with E-state index in [1.54, 1.807) is 42.6 Å². The van der Waals surface area contributed by atoms with Gasteiger partial charge in [-0.05, 0) is 36.4 Å². The predicted molar refractivity (Wildman–Crippen MR) is 128 cm³/mol. The zero-order chi connectivity index (χ0) is 25.4. The summed E-state index contributed by atoms with van der Waals surface area (Å²) in [7, 11) is 5.87. The van der Waals surface area contributed by atoms with Crippen LogP contribution in [-0.4, -0.2) is 45.2 Å². The second-order valence-electron chi connectivity index (χ2n) is 8.05. The Hall–Kier alpha value is -4.53. The molecule has 9 nitrogen and oxygen atoms in total. The molecule has 0 fully saturated rings. The summed E-state index contributed by atoms with van der Waals surface area (Å²) in [5.74, 6) is 1.39. The highest BCUT2D eigenvalue weighted by Gasteiger charge is 2.39. The Labute approximate surface area is 207 Å². The summed E-state index contributed by atoms with van der Waals surface area (Å²) < 4.78 is 33.4. The first-order valence-electron chi connectivity index (χ1n) is 11.1. The number of nitrogens with zero attached hydrogens (tertiary/aromatic N) is 1. The number of ketones is 1. The number of carbonyl (C=O) groups excluding carboxylic acids is 2. The number of hydrogen-bond donors (Lipinski definition) is 0. The molecule has 0 bridgehead atoms. The van der Waals surface area contributed by atoms with Gasteiger partial charge in [0.05, 0.1) is 40.4 Å². The number of hydrogen-bond acceptors (Lipinski definition) is 9. The molecule has 0 N–H and O–H groups in total. The topological polar surface area (TPSA) is 102 Å². The van der Waals surface area contributed by atoms with Crippen molar-refractivity contribution >= 4 is 17.8 Å². The minimum absolute atomic E-state index is 0.0299. The highest BCUT2D eigenvalue weighted by molar-refractivity contribution is 6.15. The fourth-order valence-electron chi connectivity index (χ4n) is 4.53. The number of benzene rings is 2. The third-order valence-corrected chi connectivity index (χ3v) is 6.19. The molecule has 36 heavy (non-hydrogen) atoms. The molecular weight excluding hydrogens is 466 g/mol. The van der Waals surface area contributed by atoms with Crippen molar-refractivity contribution in [2.45, 2.75) is 12.3 Å². The third-order valence-electron chi connectivity index (χ3n) is 6.19. The minimum Gasteiger partial charge on any atom is -0.493 e. The molecule has 5 rings (SSSR count). The first kappa shape index (κ1) is 23.2. The van der Waals surface area contributed by atoms with Crippen molar-refractivity contribution in [2.75, 3.05) is 28.4 Å². The van der Waals surface area contributed by atoms with E-state index < -0.39 is 11.9 Å². The average Bonchev–Trinajstić information content (AvgIpc) is 3.22. The summed E-state index contributed by atoms with van der Waals surface area (Å²) in [5.41, 5.74) is 2.23. The summed E-state index contributed by atoms with van der Waals surface area (Å²) in [6.45, 7) is 0. The zero-order valence-electron chi connectivity index (χ0n) is 20.1. The molecule has 0 saturated heterocycles. The van der Waals surface area contributed by atoms with E-state index in [1.165, 1.54) is 28.4 Å². The molecule has 9 heteroatoms. The van der Waals surface area contributed by atoms with Gasteiger partial charge in [0.25, 0.3) is 0 Å². The van der Waals surface area contributed by atoms with Gasteiger partial charge in [-0.25, -0.2) is 4.98 Å². The Morgan fingerprint density at radius 3 is 2.53 bits per heavy atom. The number of ether oxygens (including phenoxy) is 6. The number of rotatable bonds is 6. The van der Waals surface area contributed by atoms with Crippen LogP contribution < -0.4 is 23.7 Å². The lowest BCUT2D eigenvalue weighted by molar-refractivity contribution is -0.140. The van der Waals surface area contributed by atoms with Gasteiger partial charge in [-0.2, -0.15) is 0 Å². The Kier molecular flexibility index (Phi) is 5.97. The van der Waals surface area contributed by atoms with Crippen molar-refractivity contribution in [3.8, 4) is 34.6 Å². The lowest BCUT2D eigenvalue weighted by Crippen LogP contribution is -2.16. The molecule has 3 heterocycles. The van der Waals surface area contributed by atoms with E-state index in [0.29, 0.717) is 56.9 Å².